The van der Waals surface area contributed by atoms with Crippen molar-refractivity contribution in [3.63, 3.8) is 0 Å². The standard InChI is InChI=1S/C11H15N5O2/c1-3-12-8-5-9(14-6-13-8)15-7-4-10(17)16(2)11(7)18/h5-7H,3-4H2,1-2H3,(H2,12,13,14,15). The molecular weight excluding hydrogens is 234 g/mol. The first-order valence-corrected chi connectivity index (χ1v) is 5.74. The Hall–Kier alpha value is -2.18. The highest BCUT2D eigenvalue weighted by Crippen LogP contribution is 2.16. The molecule has 96 valence electrons. The minimum atomic E-state index is -0.535. The van der Waals surface area contributed by atoms with Gasteiger partial charge in [-0.1, -0.05) is 0 Å². The lowest BCUT2D eigenvalue weighted by atomic mass is 10.2. The first-order chi connectivity index (χ1) is 8.61. The molecule has 2 rings (SSSR count). The molecule has 1 aromatic rings. The average molecular weight is 249 g/mol. The first-order valence-electron chi connectivity index (χ1n) is 5.74. The van der Waals surface area contributed by atoms with Crippen molar-refractivity contribution in [3.8, 4) is 0 Å². The minimum absolute atomic E-state index is 0.163. The number of nitrogens with zero attached hydrogens (tertiary/aromatic N) is 3. The molecule has 0 bridgehead atoms. The van der Waals surface area contributed by atoms with Crippen LogP contribution in [0.4, 0.5) is 11.6 Å². The number of rotatable bonds is 4. The fourth-order valence-electron chi connectivity index (χ4n) is 1.76. The van der Waals surface area contributed by atoms with Gasteiger partial charge in [-0.05, 0) is 6.92 Å². The van der Waals surface area contributed by atoms with Gasteiger partial charge >= 0.3 is 0 Å². The summed E-state index contributed by atoms with van der Waals surface area (Å²) in [5.74, 6) is 0.796. The molecule has 1 aliphatic rings. The van der Waals surface area contributed by atoms with Gasteiger partial charge in [0.1, 0.15) is 24.0 Å². The molecule has 0 aromatic carbocycles. The third-order valence-electron chi connectivity index (χ3n) is 2.73. The summed E-state index contributed by atoms with van der Waals surface area (Å²) in [6.45, 7) is 2.71. The van der Waals surface area contributed by atoms with E-state index in [1.165, 1.54) is 13.4 Å². The Labute approximate surface area is 105 Å². The van der Waals surface area contributed by atoms with Crippen LogP contribution in [-0.4, -0.2) is 46.3 Å². The molecule has 0 saturated carbocycles. The Morgan fingerprint density at radius 1 is 1.39 bits per heavy atom. The van der Waals surface area contributed by atoms with E-state index in [1.54, 1.807) is 6.07 Å². The number of aromatic nitrogens is 2. The van der Waals surface area contributed by atoms with Gasteiger partial charge in [0.15, 0.2) is 0 Å². The largest absolute Gasteiger partial charge is 0.370 e. The normalized spacial score (nSPS) is 19.2. The van der Waals surface area contributed by atoms with Crippen molar-refractivity contribution in [2.75, 3.05) is 24.2 Å². The summed E-state index contributed by atoms with van der Waals surface area (Å²) in [5.41, 5.74) is 0. The second-order valence-electron chi connectivity index (χ2n) is 4.01. The zero-order valence-electron chi connectivity index (χ0n) is 10.3. The molecule has 0 spiro atoms. The van der Waals surface area contributed by atoms with Crippen LogP contribution in [0.25, 0.3) is 0 Å². The molecule has 2 heterocycles. The van der Waals surface area contributed by atoms with Crippen LogP contribution in [0.5, 0.6) is 0 Å². The zero-order chi connectivity index (χ0) is 13.1. The summed E-state index contributed by atoms with van der Waals surface area (Å²) in [4.78, 5) is 32.3. The molecule has 0 aliphatic carbocycles. The summed E-state index contributed by atoms with van der Waals surface area (Å²) in [6, 6.07) is 1.17. The van der Waals surface area contributed by atoms with Crippen LogP contribution < -0.4 is 10.6 Å². The molecule has 2 N–H and O–H groups in total. The number of imide groups is 1. The first kappa shape index (κ1) is 12.3. The second-order valence-corrected chi connectivity index (χ2v) is 4.01. The predicted octanol–water partition coefficient (Wildman–Crippen LogP) is 0.0776. The van der Waals surface area contributed by atoms with Gasteiger partial charge in [0.05, 0.1) is 6.42 Å². The van der Waals surface area contributed by atoms with Crippen LogP contribution in [0.15, 0.2) is 12.4 Å². The number of likely N-dealkylation sites (tertiary alicyclic amines) is 1. The van der Waals surface area contributed by atoms with E-state index in [4.69, 9.17) is 0 Å². The highest BCUT2D eigenvalue weighted by molar-refractivity contribution is 6.06. The topological polar surface area (TPSA) is 87.2 Å². The molecule has 7 heteroatoms. The highest BCUT2D eigenvalue weighted by atomic mass is 16.2. The fraction of sp³-hybridized carbons (Fsp3) is 0.455. The molecule has 2 amide bonds. The van der Waals surface area contributed by atoms with Crippen LogP contribution in [0.2, 0.25) is 0 Å². The molecule has 1 aliphatic heterocycles. The Balaban J connectivity index is 2.08. The number of amides is 2. The van der Waals surface area contributed by atoms with Gasteiger partial charge < -0.3 is 10.6 Å². The van der Waals surface area contributed by atoms with E-state index in [1.807, 2.05) is 6.92 Å². The van der Waals surface area contributed by atoms with Gasteiger partial charge in [-0.15, -0.1) is 0 Å². The minimum Gasteiger partial charge on any atom is -0.370 e. The van der Waals surface area contributed by atoms with Crippen molar-refractivity contribution in [1.29, 1.82) is 0 Å². The number of hydrogen-bond donors (Lipinski definition) is 2. The fourth-order valence-corrected chi connectivity index (χ4v) is 1.76. The molecule has 7 nitrogen and oxygen atoms in total. The summed E-state index contributed by atoms with van der Waals surface area (Å²) >= 11 is 0. The third-order valence-corrected chi connectivity index (χ3v) is 2.73. The van der Waals surface area contributed by atoms with Crippen LogP contribution in [0.1, 0.15) is 13.3 Å². The highest BCUT2D eigenvalue weighted by Gasteiger charge is 2.36. The zero-order valence-corrected chi connectivity index (χ0v) is 10.3. The summed E-state index contributed by atoms with van der Waals surface area (Å²) in [6.07, 6.45) is 1.57. The van der Waals surface area contributed by atoms with Crippen LogP contribution >= 0.6 is 0 Å². The number of anilines is 2. The third kappa shape index (κ3) is 2.39. The molecule has 1 unspecified atom stereocenters. The maximum Gasteiger partial charge on any atom is 0.251 e. The van der Waals surface area contributed by atoms with Crippen molar-refractivity contribution in [3.05, 3.63) is 12.4 Å². The molecule has 1 aromatic heterocycles. The Morgan fingerprint density at radius 2 is 2.11 bits per heavy atom. The number of nitrogens with one attached hydrogen (secondary N) is 2. The smallest absolute Gasteiger partial charge is 0.251 e. The van der Waals surface area contributed by atoms with E-state index in [0.29, 0.717) is 11.6 Å². The van der Waals surface area contributed by atoms with E-state index in [9.17, 15) is 9.59 Å². The van der Waals surface area contributed by atoms with E-state index >= 15 is 0 Å². The number of carbonyl (C=O) groups excluding carboxylic acids is 2. The van der Waals surface area contributed by atoms with E-state index in [2.05, 4.69) is 20.6 Å². The lowest BCUT2D eigenvalue weighted by Crippen LogP contribution is -2.32. The molecule has 1 saturated heterocycles. The van der Waals surface area contributed by atoms with Crippen LogP contribution in [0.3, 0.4) is 0 Å². The number of carbonyl (C=O) groups is 2. The molecule has 0 radical (unpaired) electrons. The average Bonchev–Trinajstić information content (AvgIpc) is 2.58. The lowest BCUT2D eigenvalue weighted by Gasteiger charge is -2.12. The maximum atomic E-state index is 11.7. The second kappa shape index (κ2) is 4.99. The monoisotopic (exact) mass is 249 g/mol. The van der Waals surface area contributed by atoms with E-state index in [0.717, 1.165) is 11.4 Å². The SMILES string of the molecule is CCNc1cc(NC2CC(=O)N(C)C2=O)ncn1. The van der Waals surface area contributed by atoms with E-state index in [-0.39, 0.29) is 18.2 Å². The summed E-state index contributed by atoms with van der Waals surface area (Å²) in [5, 5.41) is 6.00. The summed E-state index contributed by atoms with van der Waals surface area (Å²) < 4.78 is 0. The van der Waals surface area contributed by atoms with Crippen molar-refractivity contribution >= 4 is 23.5 Å². The van der Waals surface area contributed by atoms with Crippen molar-refractivity contribution in [1.82, 2.24) is 14.9 Å². The van der Waals surface area contributed by atoms with Crippen molar-refractivity contribution in [2.24, 2.45) is 0 Å². The van der Waals surface area contributed by atoms with Crippen molar-refractivity contribution < 1.29 is 9.59 Å². The Bertz CT molecular complexity index is 476. The lowest BCUT2D eigenvalue weighted by molar-refractivity contribution is -0.136. The quantitative estimate of drug-likeness (QED) is 0.735. The van der Waals surface area contributed by atoms with Gasteiger partial charge in [-0.25, -0.2) is 9.97 Å². The Morgan fingerprint density at radius 3 is 2.72 bits per heavy atom. The van der Waals surface area contributed by atoms with Gasteiger partial charge in [0, 0.05) is 19.7 Å². The van der Waals surface area contributed by atoms with Gasteiger partial charge in [-0.2, -0.15) is 0 Å². The van der Waals surface area contributed by atoms with Gasteiger partial charge in [0.25, 0.3) is 5.91 Å². The predicted molar refractivity (Wildman–Crippen MR) is 66.0 cm³/mol. The summed E-state index contributed by atoms with van der Waals surface area (Å²) in [7, 11) is 1.48. The number of likely N-dealkylation sites (N-methyl/N-ethyl adjacent to an activating group) is 1. The van der Waals surface area contributed by atoms with E-state index < -0.39 is 6.04 Å². The molecule has 1 atom stereocenters. The van der Waals surface area contributed by atoms with Gasteiger partial charge in [-0.3, -0.25) is 14.5 Å². The molecule has 1 fully saturated rings. The molecule has 18 heavy (non-hydrogen) atoms. The van der Waals surface area contributed by atoms with Crippen LogP contribution in [-0.2, 0) is 9.59 Å². The number of hydrogen-bond acceptors (Lipinski definition) is 6. The van der Waals surface area contributed by atoms with Gasteiger partial charge in [0.2, 0.25) is 5.91 Å². The molecular formula is C11H15N5O2. The Kier molecular flexibility index (Phi) is 3.40. The van der Waals surface area contributed by atoms with Crippen molar-refractivity contribution in [2.45, 2.75) is 19.4 Å². The van der Waals surface area contributed by atoms with Crippen LogP contribution in [0, 0.1) is 0 Å². The maximum absolute atomic E-state index is 11.7.